The topological polar surface area (TPSA) is 64.1 Å². The number of aromatic nitrogens is 2. The molecule has 1 aromatic carbocycles. The number of fused-ring (bicyclic) bond motifs is 1. The monoisotopic (exact) mass is 306 g/mol. The number of hydrogen-bond acceptors (Lipinski definition) is 3. The fourth-order valence-electron chi connectivity index (χ4n) is 2.62. The van der Waals surface area contributed by atoms with E-state index in [-0.39, 0.29) is 23.4 Å². The normalized spacial score (nSPS) is 16.6. The van der Waals surface area contributed by atoms with Crippen molar-refractivity contribution in [1.29, 1.82) is 0 Å². The average Bonchev–Trinajstić information content (AvgIpc) is 2.86. The molecule has 0 amide bonds. The Labute approximate surface area is 126 Å². The highest BCUT2D eigenvalue weighted by Gasteiger charge is 2.24. The van der Waals surface area contributed by atoms with Crippen molar-refractivity contribution in [3.63, 3.8) is 0 Å². The van der Waals surface area contributed by atoms with Crippen molar-refractivity contribution in [2.24, 2.45) is 0 Å². The van der Waals surface area contributed by atoms with Gasteiger partial charge in [0.05, 0.1) is 12.1 Å². The van der Waals surface area contributed by atoms with Crippen LogP contribution in [0.5, 0.6) is 5.75 Å². The van der Waals surface area contributed by atoms with E-state index in [1.54, 1.807) is 0 Å². The second kappa shape index (κ2) is 5.41. The Kier molecular flexibility index (Phi) is 3.59. The third-order valence-electron chi connectivity index (χ3n) is 3.68. The summed E-state index contributed by atoms with van der Waals surface area (Å²) >= 11 is 5.90. The maximum absolute atomic E-state index is 12.3. The van der Waals surface area contributed by atoms with E-state index in [0.717, 1.165) is 11.3 Å². The second-order valence-corrected chi connectivity index (χ2v) is 5.42. The van der Waals surface area contributed by atoms with Gasteiger partial charge in [0.15, 0.2) is 0 Å². The Morgan fingerprint density at radius 1 is 1.38 bits per heavy atom. The van der Waals surface area contributed by atoms with Gasteiger partial charge < -0.3 is 4.74 Å². The summed E-state index contributed by atoms with van der Waals surface area (Å²) < 4.78 is 6.95. The fraction of sp³-hybridized carbons (Fsp3) is 0.333. The van der Waals surface area contributed by atoms with Gasteiger partial charge in [-0.25, -0.2) is 4.79 Å². The van der Waals surface area contributed by atoms with Gasteiger partial charge in [-0.15, -0.1) is 0 Å². The third kappa shape index (κ3) is 2.49. The summed E-state index contributed by atoms with van der Waals surface area (Å²) in [5.74, 6) is 0.816. The lowest BCUT2D eigenvalue weighted by Crippen LogP contribution is -2.41. The van der Waals surface area contributed by atoms with Crippen LogP contribution in [0.25, 0.3) is 0 Å². The molecule has 0 saturated heterocycles. The van der Waals surface area contributed by atoms with Crippen molar-refractivity contribution in [1.82, 2.24) is 9.55 Å². The Morgan fingerprint density at radius 2 is 2.14 bits per heavy atom. The van der Waals surface area contributed by atoms with Crippen LogP contribution in [-0.2, 0) is 19.4 Å². The number of rotatable bonds is 3. The van der Waals surface area contributed by atoms with E-state index in [1.807, 2.05) is 31.2 Å². The Bertz CT molecular complexity index is 769. The summed E-state index contributed by atoms with van der Waals surface area (Å²) in [5.41, 5.74) is 0.677. The zero-order valence-corrected chi connectivity index (χ0v) is 12.3. The molecule has 1 aliphatic rings. The molecule has 0 bridgehead atoms. The van der Waals surface area contributed by atoms with Gasteiger partial charge >= 0.3 is 5.69 Å². The second-order valence-electron chi connectivity index (χ2n) is 5.04. The molecule has 0 radical (unpaired) electrons. The zero-order chi connectivity index (χ0) is 15.0. The number of nitrogens with zero attached hydrogens (tertiary/aromatic N) is 1. The van der Waals surface area contributed by atoms with Crippen LogP contribution in [0.15, 0.2) is 33.9 Å². The maximum Gasteiger partial charge on any atom is 0.329 e. The van der Waals surface area contributed by atoms with Gasteiger partial charge in [0.25, 0.3) is 5.56 Å². The first-order chi connectivity index (χ1) is 10.1. The van der Waals surface area contributed by atoms with Crippen LogP contribution in [0.4, 0.5) is 0 Å². The summed E-state index contributed by atoms with van der Waals surface area (Å²) in [6.45, 7) is 2.04. The van der Waals surface area contributed by atoms with Crippen LogP contribution < -0.4 is 16.0 Å². The number of ether oxygens (including phenoxy) is 1. The van der Waals surface area contributed by atoms with E-state index in [9.17, 15) is 9.59 Å². The molecule has 21 heavy (non-hydrogen) atoms. The Balaban J connectivity index is 1.91. The molecule has 2 heterocycles. The highest BCUT2D eigenvalue weighted by atomic mass is 35.5. The van der Waals surface area contributed by atoms with Crippen LogP contribution in [-0.4, -0.2) is 15.7 Å². The number of halogens is 1. The van der Waals surface area contributed by atoms with Gasteiger partial charge in [-0.2, -0.15) is 0 Å². The van der Waals surface area contributed by atoms with Crippen molar-refractivity contribution in [2.45, 2.75) is 32.4 Å². The van der Waals surface area contributed by atoms with Crippen molar-refractivity contribution < 1.29 is 4.74 Å². The maximum atomic E-state index is 12.3. The number of aromatic amines is 1. The quantitative estimate of drug-likeness (QED) is 0.879. The highest BCUT2D eigenvalue weighted by Crippen LogP contribution is 2.28. The molecular formula is C15H15ClN2O3. The molecule has 1 N–H and O–H groups in total. The molecule has 1 aromatic heterocycles. The van der Waals surface area contributed by atoms with E-state index in [1.165, 1.54) is 4.57 Å². The van der Waals surface area contributed by atoms with Gasteiger partial charge in [0.1, 0.15) is 17.0 Å². The van der Waals surface area contributed by atoms with Crippen molar-refractivity contribution in [2.75, 3.05) is 0 Å². The molecule has 6 heteroatoms. The lowest BCUT2D eigenvalue weighted by atomic mass is 10.1. The van der Waals surface area contributed by atoms with Crippen LogP contribution in [0, 0.1) is 0 Å². The fourth-order valence-corrected chi connectivity index (χ4v) is 2.91. The zero-order valence-electron chi connectivity index (χ0n) is 11.6. The number of hydrogen-bond donors (Lipinski definition) is 1. The molecule has 5 nitrogen and oxygen atoms in total. The molecule has 0 aliphatic carbocycles. The molecule has 0 fully saturated rings. The van der Waals surface area contributed by atoms with E-state index < -0.39 is 5.69 Å². The Hall–Kier alpha value is -2.01. The summed E-state index contributed by atoms with van der Waals surface area (Å²) in [4.78, 5) is 26.8. The van der Waals surface area contributed by atoms with E-state index in [2.05, 4.69) is 4.98 Å². The van der Waals surface area contributed by atoms with Crippen LogP contribution in [0.3, 0.4) is 0 Å². The van der Waals surface area contributed by atoms with Gasteiger partial charge in [-0.1, -0.05) is 36.7 Å². The molecular weight excluding hydrogens is 292 g/mol. The molecule has 110 valence electrons. The number of H-pyrrole nitrogens is 1. The number of benzene rings is 1. The van der Waals surface area contributed by atoms with Crippen molar-refractivity contribution in [3.8, 4) is 5.75 Å². The minimum Gasteiger partial charge on any atom is -0.488 e. The van der Waals surface area contributed by atoms with E-state index >= 15 is 0 Å². The summed E-state index contributed by atoms with van der Waals surface area (Å²) in [6.07, 6.45) is 0.943. The van der Waals surface area contributed by atoms with Crippen LogP contribution >= 0.6 is 11.6 Å². The standard InChI is InChI=1S/C15H15ClN2O3/c1-2-11-13(16)17-15(20)18(14(11)19)8-10-7-9-5-3-4-6-12(9)21-10/h3-6,10H,2,7-8H2,1H3,(H,17,20). The summed E-state index contributed by atoms with van der Waals surface area (Å²) in [6, 6.07) is 7.72. The average molecular weight is 307 g/mol. The highest BCUT2D eigenvalue weighted by molar-refractivity contribution is 6.30. The molecule has 1 unspecified atom stereocenters. The van der Waals surface area contributed by atoms with Gasteiger partial charge in [0, 0.05) is 6.42 Å². The first-order valence-electron chi connectivity index (χ1n) is 6.86. The predicted octanol–water partition coefficient (Wildman–Crippen LogP) is 1.76. The smallest absolute Gasteiger partial charge is 0.329 e. The molecule has 1 atom stereocenters. The minimum absolute atomic E-state index is 0.124. The van der Waals surface area contributed by atoms with Crippen LogP contribution in [0.1, 0.15) is 18.1 Å². The number of para-hydroxylation sites is 1. The molecule has 2 aromatic rings. The van der Waals surface area contributed by atoms with Gasteiger partial charge in [0.2, 0.25) is 0 Å². The largest absolute Gasteiger partial charge is 0.488 e. The summed E-state index contributed by atoms with van der Waals surface area (Å²) in [7, 11) is 0. The number of nitrogens with one attached hydrogen (secondary N) is 1. The first-order valence-corrected chi connectivity index (χ1v) is 7.24. The SMILES string of the molecule is CCc1c(Cl)[nH]c(=O)n(CC2Cc3ccccc3O2)c1=O. The summed E-state index contributed by atoms with van der Waals surface area (Å²) in [5, 5.41) is 0.124. The molecule has 3 rings (SSSR count). The Morgan fingerprint density at radius 3 is 2.86 bits per heavy atom. The van der Waals surface area contributed by atoms with Crippen molar-refractivity contribution >= 4 is 11.6 Å². The third-order valence-corrected chi connectivity index (χ3v) is 4.01. The molecule has 0 saturated carbocycles. The predicted molar refractivity (Wildman–Crippen MR) is 80.3 cm³/mol. The lowest BCUT2D eigenvalue weighted by Gasteiger charge is -2.13. The van der Waals surface area contributed by atoms with Gasteiger partial charge in [-0.05, 0) is 18.1 Å². The minimum atomic E-state index is -0.498. The first kappa shape index (κ1) is 13.9. The molecule has 1 aliphatic heterocycles. The van der Waals surface area contributed by atoms with E-state index in [4.69, 9.17) is 16.3 Å². The van der Waals surface area contributed by atoms with Crippen molar-refractivity contribution in [3.05, 3.63) is 61.4 Å². The van der Waals surface area contributed by atoms with E-state index in [0.29, 0.717) is 18.4 Å². The molecule has 0 spiro atoms. The van der Waals surface area contributed by atoms with Crippen LogP contribution in [0.2, 0.25) is 5.15 Å². The van der Waals surface area contributed by atoms with Gasteiger partial charge in [-0.3, -0.25) is 14.3 Å². The lowest BCUT2D eigenvalue weighted by molar-refractivity contribution is 0.205.